The molecule has 40 heavy (non-hydrogen) atoms. The van der Waals surface area contributed by atoms with E-state index in [4.69, 9.17) is 11.6 Å². The SMILES string of the molecule is CC.CC1CCCCC1.N/N=C(\N)c1ccc(CNC(=O)CNc2cc(-n3cccc3)nc(NC3CC3)n2)cc1. The molecule has 0 bridgehead atoms. The van der Waals surface area contributed by atoms with E-state index >= 15 is 0 Å². The third-order valence-electron chi connectivity index (χ3n) is 6.69. The van der Waals surface area contributed by atoms with Crippen LogP contribution in [-0.2, 0) is 11.3 Å². The molecular formula is C30H45N9O. The summed E-state index contributed by atoms with van der Waals surface area (Å²) in [5.41, 5.74) is 7.35. The van der Waals surface area contributed by atoms with Crippen LogP contribution in [0.1, 0.15) is 76.8 Å². The van der Waals surface area contributed by atoms with Gasteiger partial charge in [0.05, 0.1) is 6.54 Å². The Balaban J connectivity index is 0.000000422. The van der Waals surface area contributed by atoms with Crippen LogP contribution in [0.4, 0.5) is 11.8 Å². The van der Waals surface area contributed by atoms with Crippen LogP contribution in [0.3, 0.4) is 0 Å². The number of amidine groups is 1. The highest BCUT2D eigenvalue weighted by atomic mass is 16.1. The Kier molecular flexibility index (Phi) is 12.3. The van der Waals surface area contributed by atoms with Gasteiger partial charge in [0.1, 0.15) is 17.5 Å². The van der Waals surface area contributed by atoms with E-state index in [0.717, 1.165) is 35.7 Å². The maximum Gasteiger partial charge on any atom is 0.239 e. The fourth-order valence-electron chi connectivity index (χ4n) is 4.23. The summed E-state index contributed by atoms with van der Waals surface area (Å²) in [4.78, 5) is 21.4. The topological polar surface area (TPSA) is 148 Å². The van der Waals surface area contributed by atoms with Crippen LogP contribution in [0.2, 0.25) is 0 Å². The first-order valence-electron chi connectivity index (χ1n) is 14.4. The van der Waals surface area contributed by atoms with Gasteiger partial charge in [0.2, 0.25) is 11.9 Å². The first-order valence-corrected chi connectivity index (χ1v) is 14.4. The average molecular weight is 548 g/mol. The minimum absolute atomic E-state index is 0.0931. The molecule has 10 nitrogen and oxygen atoms in total. The Morgan fingerprint density at radius 3 is 2.27 bits per heavy atom. The molecule has 3 aromatic rings. The van der Waals surface area contributed by atoms with Gasteiger partial charge in [-0.2, -0.15) is 15.1 Å². The van der Waals surface area contributed by atoms with E-state index in [1.165, 1.54) is 32.1 Å². The van der Waals surface area contributed by atoms with Crippen molar-refractivity contribution in [3.8, 4) is 5.82 Å². The smallest absolute Gasteiger partial charge is 0.239 e. The Bertz CT molecular complexity index is 1180. The second-order valence-electron chi connectivity index (χ2n) is 10.0. The quantitative estimate of drug-likeness (QED) is 0.112. The second-order valence-corrected chi connectivity index (χ2v) is 10.0. The van der Waals surface area contributed by atoms with Gasteiger partial charge in [-0.3, -0.25) is 4.79 Å². The number of hydrogen-bond donors (Lipinski definition) is 5. The first-order chi connectivity index (χ1) is 19.5. The highest BCUT2D eigenvalue weighted by molar-refractivity contribution is 5.97. The Hall–Kier alpha value is -4.08. The molecular weight excluding hydrogens is 502 g/mol. The number of nitrogens with one attached hydrogen (secondary N) is 3. The normalized spacial score (nSPS) is 15.1. The van der Waals surface area contributed by atoms with Gasteiger partial charge in [-0.15, -0.1) is 0 Å². The number of carbonyl (C=O) groups is 1. The van der Waals surface area contributed by atoms with Crippen molar-refractivity contribution >= 4 is 23.5 Å². The van der Waals surface area contributed by atoms with Crippen LogP contribution in [0.25, 0.3) is 5.82 Å². The Morgan fingerprint density at radius 1 is 1.02 bits per heavy atom. The zero-order chi connectivity index (χ0) is 28.7. The second kappa shape index (κ2) is 16.1. The number of hydrogen-bond acceptors (Lipinski definition) is 7. The van der Waals surface area contributed by atoms with E-state index in [1.54, 1.807) is 0 Å². The minimum Gasteiger partial charge on any atom is -0.382 e. The molecule has 0 unspecified atom stereocenters. The molecule has 0 spiro atoms. The Morgan fingerprint density at radius 2 is 1.70 bits per heavy atom. The van der Waals surface area contributed by atoms with Gasteiger partial charge < -0.3 is 32.1 Å². The summed E-state index contributed by atoms with van der Waals surface area (Å²) in [5, 5.41) is 12.7. The van der Waals surface area contributed by atoms with Crippen molar-refractivity contribution in [2.75, 3.05) is 17.2 Å². The summed E-state index contributed by atoms with van der Waals surface area (Å²) in [5.74, 6) is 8.19. The van der Waals surface area contributed by atoms with Gasteiger partial charge >= 0.3 is 0 Å². The van der Waals surface area contributed by atoms with Crippen molar-refractivity contribution in [3.05, 3.63) is 66.0 Å². The highest BCUT2D eigenvalue weighted by Crippen LogP contribution is 2.24. The number of aromatic nitrogens is 3. The molecule has 0 atom stereocenters. The van der Waals surface area contributed by atoms with E-state index in [2.05, 4.69) is 37.9 Å². The molecule has 1 amide bonds. The zero-order valence-electron chi connectivity index (χ0n) is 24.1. The molecule has 2 saturated carbocycles. The highest BCUT2D eigenvalue weighted by Gasteiger charge is 2.22. The molecule has 2 aromatic heterocycles. The third-order valence-corrected chi connectivity index (χ3v) is 6.69. The van der Waals surface area contributed by atoms with Crippen molar-refractivity contribution in [2.24, 2.45) is 22.6 Å². The lowest BCUT2D eigenvalue weighted by Gasteiger charge is -2.15. The lowest BCUT2D eigenvalue weighted by molar-refractivity contribution is -0.119. The summed E-state index contributed by atoms with van der Waals surface area (Å²) in [6, 6.07) is 13.4. The molecule has 2 aliphatic carbocycles. The van der Waals surface area contributed by atoms with Crippen LogP contribution in [0, 0.1) is 5.92 Å². The summed E-state index contributed by atoms with van der Waals surface area (Å²) in [6.07, 6.45) is 13.5. The van der Waals surface area contributed by atoms with Crippen LogP contribution >= 0.6 is 0 Å². The average Bonchev–Trinajstić information content (AvgIpc) is 3.63. The number of nitrogens with two attached hydrogens (primary N) is 2. The lowest BCUT2D eigenvalue weighted by atomic mass is 9.91. The van der Waals surface area contributed by atoms with Crippen molar-refractivity contribution in [1.29, 1.82) is 0 Å². The molecule has 5 rings (SSSR count). The van der Waals surface area contributed by atoms with Crippen molar-refractivity contribution in [3.63, 3.8) is 0 Å². The van der Waals surface area contributed by atoms with E-state index in [0.29, 0.717) is 24.4 Å². The molecule has 2 fully saturated rings. The molecule has 2 heterocycles. The van der Waals surface area contributed by atoms with E-state index < -0.39 is 0 Å². The van der Waals surface area contributed by atoms with Gasteiger partial charge in [0.15, 0.2) is 0 Å². The fourth-order valence-corrected chi connectivity index (χ4v) is 4.23. The van der Waals surface area contributed by atoms with E-state index in [9.17, 15) is 4.79 Å². The number of carbonyl (C=O) groups excluding carboxylic acids is 1. The van der Waals surface area contributed by atoms with Gasteiger partial charge in [-0.25, -0.2) is 0 Å². The van der Waals surface area contributed by atoms with Crippen LogP contribution in [0.15, 0.2) is 60.0 Å². The van der Waals surface area contributed by atoms with Crippen LogP contribution in [0.5, 0.6) is 0 Å². The predicted molar refractivity (Wildman–Crippen MR) is 163 cm³/mol. The van der Waals surface area contributed by atoms with Gasteiger partial charge in [-0.1, -0.05) is 77.1 Å². The van der Waals surface area contributed by atoms with E-state index in [1.807, 2.05) is 73.3 Å². The summed E-state index contributed by atoms with van der Waals surface area (Å²) >= 11 is 0. The monoisotopic (exact) mass is 547 g/mol. The molecule has 216 valence electrons. The standard InChI is InChI=1S/C21H25N9O.C7H14.C2H6/c22-20(29-23)15-5-3-14(4-6-15)12-25-19(31)13-24-17-11-18(30-9-1-2-10-30)28-21(27-17)26-16-7-8-16;1-7-5-3-2-4-6-7;1-2/h1-6,9-11,16H,7-8,12-13,23H2,(H2,22,29)(H,25,31)(H2,24,26,27,28);7H,2-6H2,1H3;1-2H3. The lowest BCUT2D eigenvalue weighted by Crippen LogP contribution is -2.29. The van der Waals surface area contributed by atoms with Gasteiger partial charge in [0, 0.05) is 36.6 Å². The molecule has 0 saturated heterocycles. The summed E-state index contributed by atoms with van der Waals surface area (Å²) in [6.45, 7) is 6.85. The van der Waals surface area contributed by atoms with Crippen LogP contribution < -0.4 is 27.5 Å². The zero-order valence-corrected chi connectivity index (χ0v) is 24.1. The number of hydrazone groups is 1. The maximum absolute atomic E-state index is 12.3. The first kappa shape index (κ1) is 30.5. The van der Waals surface area contributed by atoms with E-state index in [-0.39, 0.29) is 18.3 Å². The number of nitrogens with zero attached hydrogens (tertiary/aromatic N) is 4. The summed E-state index contributed by atoms with van der Waals surface area (Å²) in [7, 11) is 0. The molecule has 0 radical (unpaired) electrons. The fraction of sp³-hybridized carbons (Fsp3) is 0.467. The molecule has 10 heteroatoms. The number of benzene rings is 1. The van der Waals surface area contributed by atoms with Crippen molar-refractivity contribution in [2.45, 2.75) is 78.3 Å². The molecule has 7 N–H and O–H groups in total. The minimum atomic E-state index is -0.148. The maximum atomic E-state index is 12.3. The molecule has 1 aromatic carbocycles. The van der Waals surface area contributed by atoms with Gasteiger partial charge in [0.25, 0.3) is 0 Å². The summed E-state index contributed by atoms with van der Waals surface area (Å²) < 4.78 is 1.90. The van der Waals surface area contributed by atoms with Crippen molar-refractivity contribution < 1.29 is 4.79 Å². The van der Waals surface area contributed by atoms with Gasteiger partial charge in [-0.05, 0) is 36.5 Å². The largest absolute Gasteiger partial charge is 0.382 e. The number of anilines is 2. The van der Waals surface area contributed by atoms with Crippen molar-refractivity contribution in [1.82, 2.24) is 19.9 Å². The predicted octanol–water partition coefficient (Wildman–Crippen LogP) is 4.76. The molecule has 0 aliphatic heterocycles. The molecule has 2 aliphatic rings. The Labute approximate surface area is 238 Å². The number of amides is 1. The third kappa shape index (κ3) is 10.2. The number of rotatable bonds is 9. The van der Waals surface area contributed by atoms with Crippen LogP contribution in [-0.4, -0.2) is 38.9 Å².